The Kier molecular flexibility index (Phi) is 5.69. The summed E-state index contributed by atoms with van der Waals surface area (Å²) < 4.78 is 10.0. The summed E-state index contributed by atoms with van der Waals surface area (Å²) in [5.74, 6) is -0.637. The predicted molar refractivity (Wildman–Crippen MR) is 94.5 cm³/mol. The number of ether oxygens (including phenoxy) is 2. The minimum absolute atomic E-state index is 0.117. The molecule has 26 heavy (non-hydrogen) atoms. The number of anilines is 1. The largest absolute Gasteiger partial charge is 0.465 e. The first-order chi connectivity index (χ1) is 12.1. The van der Waals surface area contributed by atoms with Crippen LogP contribution in [0.2, 0.25) is 0 Å². The van der Waals surface area contributed by atoms with Gasteiger partial charge in [-0.25, -0.2) is 9.59 Å². The lowest BCUT2D eigenvalue weighted by atomic mass is 10.1. The molecule has 9 heteroatoms. The molecule has 0 saturated carbocycles. The predicted octanol–water partition coefficient (Wildman–Crippen LogP) is 2.44. The van der Waals surface area contributed by atoms with Gasteiger partial charge in [0, 0.05) is 44.0 Å². The number of nitro groups is 1. The van der Waals surface area contributed by atoms with Gasteiger partial charge in [-0.05, 0) is 26.8 Å². The zero-order valence-electron chi connectivity index (χ0n) is 15.4. The van der Waals surface area contributed by atoms with E-state index in [0.717, 1.165) is 0 Å². The van der Waals surface area contributed by atoms with Crippen molar-refractivity contribution in [3.8, 4) is 0 Å². The fraction of sp³-hybridized carbons (Fsp3) is 0.529. The van der Waals surface area contributed by atoms with Crippen molar-refractivity contribution in [3.63, 3.8) is 0 Å². The summed E-state index contributed by atoms with van der Waals surface area (Å²) in [7, 11) is 1.22. The third-order valence-corrected chi connectivity index (χ3v) is 3.83. The maximum Gasteiger partial charge on any atom is 0.410 e. The molecule has 0 aromatic heterocycles. The van der Waals surface area contributed by atoms with Crippen LogP contribution in [0.4, 0.5) is 16.2 Å². The van der Waals surface area contributed by atoms with Crippen LogP contribution in [0, 0.1) is 10.1 Å². The van der Waals surface area contributed by atoms with E-state index in [0.29, 0.717) is 31.9 Å². The molecule has 0 spiro atoms. The molecule has 0 unspecified atom stereocenters. The lowest BCUT2D eigenvalue weighted by Gasteiger charge is -2.36. The topological polar surface area (TPSA) is 102 Å². The molecular weight excluding hydrogens is 342 g/mol. The lowest BCUT2D eigenvalue weighted by molar-refractivity contribution is -0.384. The van der Waals surface area contributed by atoms with E-state index >= 15 is 0 Å². The molecule has 1 fully saturated rings. The van der Waals surface area contributed by atoms with Crippen LogP contribution in [-0.4, -0.2) is 60.8 Å². The first-order valence-electron chi connectivity index (χ1n) is 8.21. The van der Waals surface area contributed by atoms with Gasteiger partial charge in [0.2, 0.25) is 0 Å². The van der Waals surface area contributed by atoms with Crippen molar-refractivity contribution >= 4 is 23.4 Å². The molecule has 1 aromatic carbocycles. The zero-order chi connectivity index (χ0) is 19.5. The molecule has 2 rings (SSSR count). The number of non-ortho nitro benzene ring substituents is 1. The van der Waals surface area contributed by atoms with Gasteiger partial charge in [-0.3, -0.25) is 10.1 Å². The highest BCUT2D eigenvalue weighted by atomic mass is 16.6. The number of carbonyl (C=O) groups is 2. The van der Waals surface area contributed by atoms with E-state index < -0.39 is 16.5 Å². The van der Waals surface area contributed by atoms with Gasteiger partial charge in [-0.15, -0.1) is 0 Å². The van der Waals surface area contributed by atoms with E-state index in [1.807, 2.05) is 4.90 Å². The molecule has 1 aliphatic rings. The molecule has 1 saturated heterocycles. The third kappa shape index (κ3) is 4.84. The minimum atomic E-state index is -0.637. The van der Waals surface area contributed by atoms with Crippen molar-refractivity contribution in [3.05, 3.63) is 33.9 Å². The monoisotopic (exact) mass is 365 g/mol. The van der Waals surface area contributed by atoms with E-state index in [-0.39, 0.29) is 17.3 Å². The second-order valence-electron chi connectivity index (χ2n) is 6.94. The summed E-state index contributed by atoms with van der Waals surface area (Å²) in [6.07, 6.45) is -0.383. The SMILES string of the molecule is COC(=O)c1cc(N2CCN(C(=O)OC(C)(C)C)CC2)cc([N+](=O)[O-])c1. The van der Waals surface area contributed by atoms with Gasteiger partial charge in [-0.1, -0.05) is 0 Å². The smallest absolute Gasteiger partial charge is 0.410 e. The number of carbonyl (C=O) groups excluding carboxylic acids is 2. The summed E-state index contributed by atoms with van der Waals surface area (Å²) in [5, 5.41) is 11.1. The fourth-order valence-corrected chi connectivity index (χ4v) is 2.59. The number of hydrogen-bond donors (Lipinski definition) is 0. The Labute approximate surface area is 151 Å². The van der Waals surface area contributed by atoms with Crippen molar-refractivity contribution < 1.29 is 24.0 Å². The molecule has 0 bridgehead atoms. The van der Waals surface area contributed by atoms with Gasteiger partial charge in [0.1, 0.15) is 5.60 Å². The Morgan fingerprint density at radius 2 is 1.73 bits per heavy atom. The molecule has 0 N–H and O–H groups in total. The van der Waals surface area contributed by atoms with E-state index in [4.69, 9.17) is 4.74 Å². The van der Waals surface area contributed by atoms with Crippen molar-refractivity contribution in [1.82, 2.24) is 4.90 Å². The standard InChI is InChI=1S/C17H23N3O6/c1-17(2,3)26-16(22)19-7-5-18(6-8-19)13-9-12(15(21)25-4)10-14(11-13)20(23)24/h9-11H,5-8H2,1-4H3. The van der Waals surface area contributed by atoms with E-state index in [1.165, 1.54) is 19.2 Å². The average Bonchev–Trinajstić information content (AvgIpc) is 2.59. The van der Waals surface area contributed by atoms with Crippen molar-refractivity contribution in [1.29, 1.82) is 0 Å². The van der Waals surface area contributed by atoms with Crippen LogP contribution in [0.15, 0.2) is 18.2 Å². The number of nitrogens with zero attached hydrogens (tertiary/aromatic N) is 3. The molecule has 1 aliphatic heterocycles. The van der Waals surface area contributed by atoms with Crippen LogP contribution in [0.3, 0.4) is 0 Å². The van der Waals surface area contributed by atoms with Gasteiger partial charge in [-0.2, -0.15) is 0 Å². The van der Waals surface area contributed by atoms with Crippen molar-refractivity contribution in [2.24, 2.45) is 0 Å². The number of amides is 1. The molecule has 142 valence electrons. The van der Waals surface area contributed by atoms with Gasteiger partial charge in [0.05, 0.1) is 17.6 Å². The number of piperazine rings is 1. The fourth-order valence-electron chi connectivity index (χ4n) is 2.59. The maximum atomic E-state index is 12.1. The molecule has 0 radical (unpaired) electrons. The summed E-state index contributed by atoms with van der Waals surface area (Å²) in [6.45, 7) is 7.20. The Morgan fingerprint density at radius 1 is 1.12 bits per heavy atom. The van der Waals surface area contributed by atoms with Crippen molar-refractivity contribution in [2.45, 2.75) is 26.4 Å². The second-order valence-corrected chi connectivity index (χ2v) is 6.94. The number of hydrogen-bond acceptors (Lipinski definition) is 7. The lowest BCUT2D eigenvalue weighted by Crippen LogP contribution is -2.50. The Balaban J connectivity index is 2.13. The highest BCUT2D eigenvalue weighted by Gasteiger charge is 2.27. The first kappa shape index (κ1) is 19.5. The number of benzene rings is 1. The second kappa shape index (κ2) is 7.59. The number of nitro benzene ring substituents is 1. The average molecular weight is 365 g/mol. The highest BCUT2D eigenvalue weighted by Crippen LogP contribution is 2.26. The van der Waals surface area contributed by atoms with E-state index in [1.54, 1.807) is 31.7 Å². The van der Waals surface area contributed by atoms with Crippen LogP contribution in [0.25, 0.3) is 0 Å². The van der Waals surface area contributed by atoms with Crippen LogP contribution in [0.5, 0.6) is 0 Å². The molecule has 1 aromatic rings. The normalized spacial score (nSPS) is 14.8. The van der Waals surface area contributed by atoms with Gasteiger partial charge < -0.3 is 19.3 Å². The van der Waals surface area contributed by atoms with Gasteiger partial charge in [0.25, 0.3) is 5.69 Å². The molecule has 1 amide bonds. The quantitative estimate of drug-likeness (QED) is 0.460. The van der Waals surface area contributed by atoms with Crippen LogP contribution >= 0.6 is 0 Å². The number of methoxy groups -OCH3 is 1. The van der Waals surface area contributed by atoms with Gasteiger partial charge >= 0.3 is 12.1 Å². The Hall–Kier alpha value is -2.84. The molecule has 0 atom stereocenters. The zero-order valence-corrected chi connectivity index (χ0v) is 15.4. The number of esters is 1. The van der Waals surface area contributed by atoms with Gasteiger partial charge in [0.15, 0.2) is 0 Å². The Bertz CT molecular complexity index is 705. The molecule has 1 heterocycles. The summed E-state index contributed by atoms with van der Waals surface area (Å²) in [4.78, 5) is 38.0. The van der Waals surface area contributed by atoms with Crippen LogP contribution in [-0.2, 0) is 9.47 Å². The van der Waals surface area contributed by atoms with Crippen LogP contribution in [0.1, 0.15) is 31.1 Å². The molecule has 9 nitrogen and oxygen atoms in total. The summed E-state index contributed by atoms with van der Waals surface area (Å²) in [6, 6.07) is 4.16. The number of rotatable bonds is 3. The Morgan fingerprint density at radius 3 is 2.23 bits per heavy atom. The van der Waals surface area contributed by atoms with E-state index in [9.17, 15) is 19.7 Å². The molecule has 0 aliphatic carbocycles. The summed E-state index contributed by atoms with van der Waals surface area (Å²) in [5.41, 5.74) is -0.0869. The molecular formula is C17H23N3O6. The van der Waals surface area contributed by atoms with Crippen LogP contribution < -0.4 is 4.90 Å². The third-order valence-electron chi connectivity index (χ3n) is 3.83. The first-order valence-corrected chi connectivity index (χ1v) is 8.21. The maximum absolute atomic E-state index is 12.1. The minimum Gasteiger partial charge on any atom is -0.465 e. The highest BCUT2D eigenvalue weighted by molar-refractivity contribution is 5.91. The van der Waals surface area contributed by atoms with Crippen molar-refractivity contribution in [2.75, 3.05) is 38.2 Å². The van der Waals surface area contributed by atoms with E-state index in [2.05, 4.69) is 4.74 Å². The summed E-state index contributed by atoms with van der Waals surface area (Å²) >= 11 is 0.